The zero-order valence-electron chi connectivity index (χ0n) is 15.6. The molecule has 1 heteroatoms. The molecule has 0 radical (unpaired) electrons. The highest BCUT2D eigenvalue weighted by Gasteiger charge is 2.42. The maximum absolute atomic E-state index is 2.45. The van der Waals surface area contributed by atoms with Crippen LogP contribution in [0.3, 0.4) is 0 Å². The average Bonchev–Trinajstić information content (AvgIpc) is 2.91. The molecule has 2 aliphatic rings. The van der Waals surface area contributed by atoms with Gasteiger partial charge in [-0.15, -0.1) is 0 Å². The molecule has 0 N–H and O–H groups in total. The highest BCUT2D eigenvalue weighted by atomic mass is 14.3. The van der Waals surface area contributed by atoms with Gasteiger partial charge in [-0.2, -0.15) is 0 Å². The first kappa shape index (κ1) is 16.9. The van der Waals surface area contributed by atoms with Crippen molar-refractivity contribution in [1.29, 1.82) is 0 Å². The first-order valence-corrected chi connectivity index (χ1v) is 10.4. The highest BCUT2D eigenvalue weighted by molar-refractivity contribution is 6.62. The summed E-state index contributed by atoms with van der Waals surface area (Å²) < 4.78 is 0. The molecular formula is C24H31B. The molecule has 2 saturated heterocycles. The van der Waals surface area contributed by atoms with Gasteiger partial charge in [0, 0.05) is 0 Å². The molecule has 25 heavy (non-hydrogen) atoms. The summed E-state index contributed by atoms with van der Waals surface area (Å²) in [7, 11) is 0. The van der Waals surface area contributed by atoms with E-state index in [9.17, 15) is 0 Å². The first-order chi connectivity index (χ1) is 12.3. The Morgan fingerprint density at radius 1 is 0.840 bits per heavy atom. The second-order valence-corrected chi connectivity index (χ2v) is 8.53. The molecule has 0 aromatic heterocycles. The van der Waals surface area contributed by atoms with Gasteiger partial charge in [-0.1, -0.05) is 124 Å². The number of benzene rings is 2. The topological polar surface area (TPSA) is 0 Å². The Kier molecular flexibility index (Phi) is 5.29. The van der Waals surface area contributed by atoms with Crippen LogP contribution in [0.15, 0.2) is 60.7 Å². The maximum Gasteiger partial charge on any atom is 0.152 e. The second kappa shape index (κ2) is 7.81. The Balaban J connectivity index is 1.65. The van der Waals surface area contributed by atoms with E-state index < -0.39 is 0 Å². The largest absolute Gasteiger partial charge is 0.152 e. The van der Waals surface area contributed by atoms with Crippen LogP contribution in [0.1, 0.15) is 68.3 Å². The minimum absolute atomic E-state index is 0.664. The van der Waals surface area contributed by atoms with Crippen LogP contribution >= 0.6 is 0 Å². The van der Waals surface area contributed by atoms with Crippen LogP contribution in [-0.2, 0) is 0 Å². The van der Waals surface area contributed by atoms with E-state index in [0.717, 1.165) is 24.3 Å². The molecule has 2 heterocycles. The van der Waals surface area contributed by atoms with Crippen molar-refractivity contribution in [1.82, 2.24) is 0 Å². The number of rotatable bonds is 4. The number of hydrogen-bond donors (Lipinski definition) is 0. The van der Waals surface area contributed by atoms with Crippen molar-refractivity contribution in [2.24, 2.45) is 5.92 Å². The van der Waals surface area contributed by atoms with E-state index in [1.54, 1.807) is 5.56 Å². The summed E-state index contributed by atoms with van der Waals surface area (Å²) in [6.07, 6.45) is 10.1. The van der Waals surface area contributed by atoms with Crippen molar-refractivity contribution < 1.29 is 0 Å². The number of hydrogen-bond acceptors (Lipinski definition) is 0. The van der Waals surface area contributed by atoms with Crippen LogP contribution in [0.4, 0.5) is 0 Å². The molecule has 0 amide bonds. The van der Waals surface area contributed by atoms with E-state index >= 15 is 0 Å². The Hall–Kier alpha value is -1.50. The fourth-order valence-electron chi connectivity index (χ4n) is 5.86. The van der Waals surface area contributed by atoms with E-state index in [1.165, 1.54) is 50.4 Å². The Bertz CT molecular complexity index is 640. The van der Waals surface area contributed by atoms with Crippen LogP contribution in [0, 0.1) is 5.92 Å². The van der Waals surface area contributed by atoms with E-state index in [2.05, 4.69) is 67.6 Å². The van der Waals surface area contributed by atoms with Gasteiger partial charge in [0.2, 0.25) is 0 Å². The summed E-state index contributed by atoms with van der Waals surface area (Å²) in [5.41, 5.74) is 3.14. The Labute approximate surface area is 154 Å². The summed E-state index contributed by atoms with van der Waals surface area (Å²) in [4.78, 5) is 0. The maximum atomic E-state index is 2.45. The lowest BCUT2D eigenvalue weighted by Crippen LogP contribution is -2.32. The summed E-state index contributed by atoms with van der Waals surface area (Å²) in [6.45, 7) is 3.30. The van der Waals surface area contributed by atoms with Gasteiger partial charge in [0.25, 0.3) is 0 Å². The van der Waals surface area contributed by atoms with Gasteiger partial charge in [-0.05, 0) is 23.2 Å². The lowest BCUT2D eigenvalue weighted by atomic mass is 9.28. The van der Waals surface area contributed by atoms with Crippen LogP contribution < -0.4 is 0 Å². The molecule has 0 spiro atoms. The third-order valence-corrected chi connectivity index (χ3v) is 7.05. The van der Waals surface area contributed by atoms with Gasteiger partial charge < -0.3 is 0 Å². The molecule has 4 rings (SSSR count). The molecule has 2 fully saturated rings. The SMILES string of the molecule is C[C@@H](CB1C2CCCC(CCC2)[C@H]1c1ccccc1)c1ccccc1. The standard InChI is InChI=1S/C24H31B/c1-19(20-10-4-2-5-11-20)18-25-23-16-8-14-22(15-9-17-23)24(25)21-12-6-3-7-13-21/h2-7,10-13,19,22-24H,8-9,14-18H2,1H3/t19-,22?,23?,24+/m0/s1. The van der Waals surface area contributed by atoms with Crippen molar-refractivity contribution in [3.8, 4) is 0 Å². The Morgan fingerprint density at radius 2 is 1.44 bits per heavy atom. The summed E-state index contributed by atoms with van der Waals surface area (Å²) >= 11 is 0. The number of fused-ring (bicyclic) bond motifs is 3. The smallest absolute Gasteiger partial charge is 0.0667 e. The lowest BCUT2D eigenvalue weighted by Gasteiger charge is -2.33. The lowest BCUT2D eigenvalue weighted by molar-refractivity contribution is 0.391. The van der Waals surface area contributed by atoms with Crippen molar-refractivity contribution in [3.05, 3.63) is 71.8 Å². The third kappa shape index (κ3) is 3.71. The van der Waals surface area contributed by atoms with Crippen LogP contribution in [0.5, 0.6) is 0 Å². The zero-order chi connectivity index (χ0) is 17.1. The van der Waals surface area contributed by atoms with Crippen LogP contribution in [0.25, 0.3) is 0 Å². The van der Waals surface area contributed by atoms with Gasteiger partial charge in [0.05, 0.1) is 0 Å². The molecule has 0 saturated carbocycles. The molecule has 0 nitrogen and oxygen atoms in total. The van der Waals surface area contributed by atoms with Gasteiger partial charge in [0.15, 0.2) is 6.71 Å². The third-order valence-electron chi connectivity index (χ3n) is 7.05. The van der Waals surface area contributed by atoms with Gasteiger partial charge >= 0.3 is 0 Å². The minimum Gasteiger partial charge on any atom is -0.0667 e. The molecule has 0 unspecified atom stereocenters. The van der Waals surface area contributed by atoms with E-state index in [1.807, 2.05) is 0 Å². The molecule has 2 bridgehead atoms. The highest BCUT2D eigenvalue weighted by Crippen LogP contribution is 2.50. The second-order valence-electron chi connectivity index (χ2n) is 8.53. The zero-order valence-corrected chi connectivity index (χ0v) is 15.6. The fourth-order valence-corrected chi connectivity index (χ4v) is 5.86. The van der Waals surface area contributed by atoms with Crippen molar-refractivity contribution in [2.75, 3.05) is 0 Å². The first-order valence-electron chi connectivity index (χ1n) is 10.4. The van der Waals surface area contributed by atoms with E-state index in [0.29, 0.717) is 5.92 Å². The predicted molar refractivity (Wildman–Crippen MR) is 110 cm³/mol. The normalized spacial score (nSPS) is 27.6. The summed E-state index contributed by atoms with van der Waals surface area (Å²) in [5, 5.41) is 0. The predicted octanol–water partition coefficient (Wildman–Crippen LogP) is 6.96. The average molecular weight is 330 g/mol. The minimum atomic E-state index is 0.664. The van der Waals surface area contributed by atoms with Crippen LogP contribution in [0.2, 0.25) is 12.1 Å². The van der Waals surface area contributed by atoms with E-state index in [4.69, 9.17) is 0 Å². The van der Waals surface area contributed by atoms with E-state index in [-0.39, 0.29) is 0 Å². The van der Waals surface area contributed by atoms with Gasteiger partial charge in [-0.25, -0.2) is 0 Å². The quantitative estimate of drug-likeness (QED) is 0.531. The van der Waals surface area contributed by atoms with Crippen molar-refractivity contribution >= 4 is 6.71 Å². The molecule has 130 valence electrons. The fraction of sp³-hybridized carbons (Fsp3) is 0.500. The molecule has 2 aromatic carbocycles. The van der Waals surface area contributed by atoms with Gasteiger partial charge in [0.1, 0.15) is 0 Å². The van der Waals surface area contributed by atoms with Gasteiger partial charge in [-0.3, -0.25) is 0 Å². The molecular weight excluding hydrogens is 299 g/mol. The molecule has 2 aromatic rings. The van der Waals surface area contributed by atoms with Crippen molar-refractivity contribution in [2.45, 2.75) is 69.3 Å². The molecule has 2 atom stereocenters. The summed E-state index contributed by atoms with van der Waals surface area (Å²) in [6, 6.07) is 22.7. The van der Waals surface area contributed by atoms with Crippen LogP contribution in [-0.4, -0.2) is 6.71 Å². The Morgan fingerprint density at radius 3 is 2.08 bits per heavy atom. The van der Waals surface area contributed by atoms with Crippen molar-refractivity contribution in [3.63, 3.8) is 0 Å². The molecule has 2 aliphatic heterocycles. The summed E-state index contributed by atoms with van der Waals surface area (Å²) in [5.74, 6) is 3.28. The molecule has 0 aliphatic carbocycles. The monoisotopic (exact) mass is 330 g/mol.